The lowest BCUT2D eigenvalue weighted by atomic mass is 10.2. The van der Waals surface area contributed by atoms with Crippen LogP contribution < -0.4 is 16.0 Å². The molecule has 0 heterocycles. The van der Waals surface area contributed by atoms with Gasteiger partial charge in [0.2, 0.25) is 0 Å². The number of nitrogens with one attached hydrogen (secondary N) is 3. The van der Waals surface area contributed by atoms with E-state index < -0.39 is 17.6 Å². The maximum absolute atomic E-state index is 12.0. The van der Waals surface area contributed by atoms with E-state index >= 15 is 0 Å². The number of nitriles is 1. The minimum absolute atomic E-state index is 0.00614. The summed E-state index contributed by atoms with van der Waals surface area (Å²) in [6.07, 6.45) is 0.718. The Hall–Kier alpha value is -3.21. The van der Waals surface area contributed by atoms with Crippen LogP contribution in [0.3, 0.4) is 0 Å². The van der Waals surface area contributed by atoms with Crippen LogP contribution in [0.15, 0.2) is 36.0 Å². The quantitative estimate of drug-likeness (QED) is 0.354. The van der Waals surface area contributed by atoms with Crippen molar-refractivity contribution in [2.24, 2.45) is 0 Å². The third-order valence-corrected chi connectivity index (χ3v) is 2.65. The molecular weight excluding hydrogens is 324 g/mol. The number of hydrogen-bond acceptors (Lipinski definition) is 6. The van der Waals surface area contributed by atoms with Crippen LogP contribution in [0.5, 0.6) is 5.75 Å². The van der Waals surface area contributed by atoms with Crippen LogP contribution in [0.2, 0.25) is 0 Å². The van der Waals surface area contributed by atoms with E-state index in [4.69, 9.17) is 10.00 Å². The van der Waals surface area contributed by atoms with Crippen LogP contribution in [0.25, 0.3) is 0 Å². The van der Waals surface area contributed by atoms with Gasteiger partial charge in [-0.1, -0.05) is 6.07 Å². The highest BCUT2D eigenvalue weighted by atomic mass is 16.6. The van der Waals surface area contributed by atoms with Gasteiger partial charge in [0.25, 0.3) is 5.91 Å². The van der Waals surface area contributed by atoms with E-state index in [0.717, 1.165) is 0 Å². The number of carbonyl (C=O) groups is 2. The van der Waals surface area contributed by atoms with Crippen molar-refractivity contribution in [1.29, 1.82) is 5.26 Å². The van der Waals surface area contributed by atoms with Crippen molar-refractivity contribution in [3.05, 3.63) is 36.0 Å². The second kappa shape index (κ2) is 9.17. The summed E-state index contributed by atoms with van der Waals surface area (Å²) >= 11 is 0. The molecule has 0 fully saturated rings. The summed E-state index contributed by atoms with van der Waals surface area (Å²) in [6, 6.07) is 7.77. The molecular formula is C17H22N4O4. The van der Waals surface area contributed by atoms with E-state index in [2.05, 4.69) is 16.0 Å². The number of phenols is 1. The second-order valence-corrected chi connectivity index (χ2v) is 6.06. The number of anilines is 1. The zero-order valence-corrected chi connectivity index (χ0v) is 14.4. The van der Waals surface area contributed by atoms with Crippen LogP contribution in [0.4, 0.5) is 10.5 Å². The van der Waals surface area contributed by atoms with Crippen molar-refractivity contribution in [3.8, 4) is 11.8 Å². The van der Waals surface area contributed by atoms with Gasteiger partial charge in [0, 0.05) is 31.0 Å². The summed E-state index contributed by atoms with van der Waals surface area (Å²) < 4.78 is 5.07. The van der Waals surface area contributed by atoms with Crippen LogP contribution in [-0.2, 0) is 9.53 Å². The number of aromatic hydroxyl groups is 1. The fourth-order valence-electron chi connectivity index (χ4n) is 1.66. The lowest BCUT2D eigenvalue weighted by Crippen LogP contribution is -2.35. The number of nitrogens with zero attached hydrogens (tertiary/aromatic N) is 1. The van der Waals surface area contributed by atoms with Crippen molar-refractivity contribution in [2.75, 3.05) is 18.4 Å². The molecule has 0 unspecified atom stereocenters. The molecule has 0 aliphatic rings. The van der Waals surface area contributed by atoms with Crippen molar-refractivity contribution in [3.63, 3.8) is 0 Å². The average Bonchev–Trinajstić information content (AvgIpc) is 2.49. The topological polar surface area (TPSA) is 123 Å². The van der Waals surface area contributed by atoms with Gasteiger partial charge in [-0.2, -0.15) is 5.26 Å². The SMILES string of the molecule is CC(C)(C)OC(=O)NCCN/C=C(/C#N)C(=O)Nc1cccc(O)c1. The number of ether oxygens (including phenoxy) is 1. The lowest BCUT2D eigenvalue weighted by Gasteiger charge is -2.19. The van der Waals surface area contributed by atoms with E-state index in [1.807, 2.05) is 0 Å². The van der Waals surface area contributed by atoms with Crippen molar-refractivity contribution < 1.29 is 19.4 Å². The number of carbonyl (C=O) groups excluding carboxylic acids is 2. The van der Waals surface area contributed by atoms with Gasteiger partial charge in [-0.25, -0.2) is 4.79 Å². The van der Waals surface area contributed by atoms with Crippen molar-refractivity contribution in [1.82, 2.24) is 10.6 Å². The summed E-state index contributed by atoms with van der Waals surface area (Å²) in [4.78, 5) is 23.4. The Morgan fingerprint density at radius 1 is 1.32 bits per heavy atom. The Morgan fingerprint density at radius 3 is 2.64 bits per heavy atom. The molecule has 0 aromatic heterocycles. The third-order valence-electron chi connectivity index (χ3n) is 2.65. The van der Waals surface area contributed by atoms with Crippen LogP contribution in [-0.4, -0.2) is 35.8 Å². The average molecular weight is 346 g/mol. The summed E-state index contributed by atoms with van der Waals surface area (Å²) in [6.45, 7) is 5.86. The first kappa shape index (κ1) is 19.8. The Bertz CT molecular complexity index is 687. The highest BCUT2D eigenvalue weighted by Gasteiger charge is 2.15. The molecule has 1 aromatic rings. The predicted octanol–water partition coefficient (Wildman–Crippen LogP) is 1.85. The number of phenolic OH excluding ortho intramolecular Hbond substituents is 1. The number of amides is 2. The fourth-order valence-corrected chi connectivity index (χ4v) is 1.66. The standard InChI is InChI=1S/C17H22N4O4/c1-17(2,3)25-16(24)20-8-7-19-11-12(10-18)15(23)21-13-5-4-6-14(22)9-13/h4-6,9,11,19,22H,7-8H2,1-3H3,(H,20,24)(H,21,23)/b12-11-. The van der Waals surface area contributed by atoms with E-state index in [9.17, 15) is 14.7 Å². The fraction of sp³-hybridized carbons (Fsp3) is 0.353. The molecule has 1 aromatic carbocycles. The molecule has 0 aliphatic carbocycles. The molecule has 0 spiro atoms. The van der Waals surface area contributed by atoms with Gasteiger partial charge < -0.3 is 25.8 Å². The molecule has 0 saturated carbocycles. The Kier molecular flexibility index (Phi) is 7.28. The molecule has 0 aliphatic heterocycles. The van der Waals surface area contributed by atoms with E-state index in [1.165, 1.54) is 18.3 Å². The maximum Gasteiger partial charge on any atom is 0.407 e. The molecule has 1 rings (SSSR count). The summed E-state index contributed by atoms with van der Waals surface area (Å²) in [7, 11) is 0. The van der Waals surface area contributed by atoms with Crippen molar-refractivity contribution >= 4 is 17.7 Å². The molecule has 4 N–H and O–H groups in total. The van der Waals surface area contributed by atoms with Gasteiger partial charge in [0.15, 0.2) is 0 Å². The van der Waals surface area contributed by atoms with Crippen molar-refractivity contribution in [2.45, 2.75) is 26.4 Å². The van der Waals surface area contributed by atoms with Gasteiger partial charge in [0.1, 0.15) is 23.0 Å². The largest absolute Gasteiger partial charge is 0.508 e. The van der Waals surface area contributed by atoms with Gasteiger partial charge in [0.05, 0.1) is 0 Å². The smallest absolute Gasteiger partial charge is 0.407 e. The Labute approximate surface area is 146 Å². The zero-order chi connectivity index (χ0) is 18.9. The molecule has 0 bridgehead atoms. The number of benzene rings is 1. The maximum atomic E-state index is 12.0. The van der Waals surface area contributed by atoms with Crippen LogP contribution in [0, 0.1) is 11.3 Å². The molecule has 0 radical (unpaired) electrons. The lowest BCUT2D eigenvalue weighted by molar-refractivity contribution is -0.112. The monoisotopic (exact) mass is 346 g/mol. The first-order valence-corrected chi connectivity index (χ1v) is 7.62. The first-order chi connectivity index (χ1) is 11.7. The minimum Gasteiger partial charge on any atom is -0.508 e. The summed E-state index contributed by atoms with van der Waals surface area (Å²) in [5, 5.41) is 26.2. The molecule has 8 heteroatoms. The van der Waals surface area contributed by atoms with Gasteiger partial charge in [-0.05, 0) is 32.9 Å². The van der Waals surface area contributed by atoms with Gasteiger partial charge >= 0.3 is 6.09 Å². The first-order valence-electron chi connectivity index (χ1n) is 7.62. The summed E-state index contributed by atoms with van der Waals surface area (Å²) in [5.41, 5.74) is -0.339. The van der Waals surface area contributed by atoms with Gasteiger partial charge in [-0.3, -0.25) is 4.79 Å². The normalized spacial score (nSPS) is 11.2. The highest BCUT2D eigenvalue weighted by molar-refractivity contribution is 6.06. The number of alkyl carbamates (subject to hydrolysis) is 1. The summed E-state index contributed by atoms with van der Waals surface area (Å²) in [5.74, 6) is -0.604. The highest BCUT2D eigenvalue weighted by Crippen LogP contribution is 2.15. The zero-order valence-electron chi connectivity index (χ0n) is 14.4. The molecule has 0 atom stereocenters. The van der Waals surface area contributed by atoms with E-state index in [0.29, 0.717) is 12.2 Å². The number of hydrogen-bond donors (Lipinski definition) is 4. The molecule has 134 valence electrons. The second-order valence-electron chi connectivity index (χ2n) is 6.06. The Balaban J connectivity index is 2.42. The third kappa shape index (κ3) is 8.27. The van der Waals surface area contributed by atoms with E-state index in [1.54, 1.807) is 39.0 Å². The van der Waals surface area contributed by atoms with Crippen LogP contribution in [0.1, 0.15) is 20.8 Å². The molecule has 25 heavy (non-hydrogen) atoms. The predicted molar refractivity (Wildman–Crippen MR) is 92.7 cm³/mol. The Morgan fingerprint density at radius 2 is 2.04 bits per heavy atom. The van der Waals surface area contributed by atoms with Gasteiger partial charge in [-0.15, -0.1) is 0 Å². The molecule has 8 nitrogen and oxygen atoms in total. The number of rotatable bonds is 6. The molecule has 2 amide bonds. The molecule has 0 saturated heterocycles. The van der Waals surface area contributed by atoms with Crippen LogP contribution >= 0.6 is 0 Å². The minimum atomic E-state index is -0.610. The van der Waals surface area contributed by atoms with E-state index in [-0.39, 0.29) is 17.9 Å².